The zero-order valence-corrected chi connectivity index (χ0v) is 7.72. The smallest absolute Gasteiger partial charge is 0.449 e. The molecule has 0 spiro atoms. The summed E-state index contributed by atoms with van der Waals surface area (Å²) in [5.41, 5.74) is 1.38. The fourth-order valence-electron chi connectivity index (χ4n) is 1.76. The fourth-order valence-corrected chi connectivity index (χ4v) is 1.76. The Morgan fingerprint density at radius 1 is 1.14 bits per heavy atom. The molecule has 0 radical (unpaired) electrons. The zero-order valence-electron chi connectivity index (χ0n) is 7.72. The van der Waals surface area contributed by atoms with Crippen molar-refractivity contribution in [2.24, 2.45) is 0 Å². The number of halogens is 3. The Morgan fingerprint density at radius 3 is 2.36 bits per heavy atom. The van der Waals surface area contributed by atoms with E-state index in [2.05, 4.69) is 0 Å². The van der Waals surface area contributed by atoms with Crippen molar-refractivity contribution in [2.45, 2.75) is 25.1 Å². The van der Waals surface area contributed by atoms with Crippen LogP contribution in [0.15, 0.2) is 24.3 Å². The molecule has 0 amide bonds. The van der Waals surface area contributed by atoms with Gasteiger partial charge in [0, 0.05) is 0 Å². The van der Waals surface area contributed by atoms with Gasteiger partial charge in [-0.05, 0) is 24.3 Å². The summed E-state index contributed by atoms with van der Waals surface area (Å²) in [5.74, 6) is 0.393. The van der Waals surface area contributed by atoms with Gasteiger partial charge in [0.15, 0.2) is 0 Å². The number of benzene rings is 1. The van der Waals surface area contributed by atoms with Crippen molar-refractivity contribution in [3.05, 3.63) is 35.4 Å². The maximum absolute atomic E-state index is 12.3. The molecule has 1 aromatic rings. The van der Waals surface area contributed by atoms with Crippen molar-refractivity contribution >= 4 is 6.98 Å². The molecule has 76 valence electrons. The third kappa shape index (κ3) is 2.31. The van der Waals surface area contributed by atoms with Crippen LogP contribution in [0.25, 0.3) is 0 Å². The molecule has 1 aliphatic rings. The molecular formula is C10H11BF3-. The first-order valence-electron chi connectivity index (χ1n) is 4.85. The molecule has 0 aromatic heterocycles. The maximum Gasteiger partial charge on any atom is 0.482 e. The van der Waals surface area contributed by atoms with Crippen molar-refractivity contribution < 1.29 is 12.9 Å². The molecule has 4 heteroatoms. The van der Waals surface area contributed by atoms with Crippen LogP contribution in [-0.2, 0) is 6.32 Å². The van der Waals surface area contributed by atoms with Crippen molar-refractivity contribution in [2.75, 3.05) is 0 Å². The molecule has 0 bridgehead atoms. The zero-order chi connectivity index (χ0) is 10.2. The Bertz CT molecular complexity index is 328. The lowest BCUT2D eigenvalue weighted by Gasteiger charge is -2.16. The quantitative estimate of drug-likeness (QED) is 0.653. The van der Waals surface area contributed by atoms with Gasteiger partial charge in [-0.2, -0.15) is 0 Å². The molecule has 14 heavy (non-hydrogen) atoms. The third-order valence-electron chi connectivity index (χ3n) is 2.52. The second-order valence-electron chi connectivity index (χ2n) is 3.89. The highest BCUT2D eigenvalue weighted by Crippen LogP contribution is 2.42. The van der Waals surface area contributed by atoms with Gasteiger partial charge in [-0.25, -0.2) is 0 Å². The van der Waals surface area contributed by atoms with Crippen LogP contribution >= 0.6 is 0 Å². The number of hydrogen-bond acceptors (Lipinski definition) is 0. The topological polar surface area (TPSA) is 0 Å². The van der Waals surface area contributed by atoms with Crippen LogP contribution < -0.4 is 0 Å². The maximum atomic E-state index is 12.3. The van der Waals surface area contributed by atoms with E-state index in [-0.39, 0.29) is 0 Å². The van der Waals surface area contributed by atoms with Crippen LogP contribution in [-0.4, -0.2) is 6.98 Å². The number of hydrogen-bond donors (Lipinski definition) is 0. The molecule has 0 N–H and O–H groups in total. The molecule has 0 nitrogen and oxygen atoms in total. The van der Waals surface area contributed by atoms with Gasteiger partial charge in [0.1, 0.15) is 0 Å². The normalized spacial score (nSPS) is 17.1. The Labute approximate surface area is 81.2 Å². The van der Waals surface area contributed by atoms with Gasteiger partial charge in [0.05, 0.1) is 0 Å². The van der Waals surface area contributed by atoms with E-state index in [9.17, 15) is 12.9 Å². The average Bonchev–Trinajstić information content (AvgIpc) is 2.85. The molecule has 1 aromatic carbocycles. The van der Waals surface area contributed by atoms with Crippen molar-refractivity contribution in [3.8, 4) is 0 Å². The first kappa shape index (κ1) is 9.62. The van der Waals surface area contributed by atoms with Crippen LogP contribution in [0.3, 0.4) is 0 Å². The van der Waals surface area contributed by atoms with Gasteiger partial charge < -0.3 is 12.9 Å². The van der Waals surface area contributed by atoms with E-state index < -0.39 is 13.3 Å². The summed E-state index contributed by atoms with van der Waals surface area (Å²) in [7, 11) is 0. The van der Waals surface area contributed by atoms with Crippen LogP contribution in [0.2, 0.25) is 0 Å². The molecule has 2 rings (SSSR count). The Balaban J connectivity index is 2.23. The summed E-state index contributed by atoms with van der Waals surface area (Å²) < 4.78 is 36.8. The summed E-state index contributed by atoms with van der Waals surface area (Å²) in [6.07, 6.45) is 1.36. The van der Waals surface area contributed by atoms with Crippen molar-refractivity contribution in [1.82, 2.24) is 0 Å². The van der Waals surface area contributed by atoms with Gasteiger partial charge in [-0.3, -0.25) is 0 Å². The lowest BCUT2D eigenvalue weighted by atomic mass is 9.79. The molecule has 0 saturated heterocycles. The summed E-state index contributed by atoms with van der Waals surface area (Å²) in [6, 6.07) is 6.93. The van der Waals surface area contributed by atoms with E-state index in [1.165, 1.54) is 0 Å². The Morgan fingerprint density at radius 2 is 1.79 bits per heavy atom. The van der Waals surface area contributed by atoms with Crippen molar-refractivity contribution in [1.29, 1.82) is 0 Å². The van der Waals surface area contributed by atoms with Gasteiger partial charge in [-0.1, -0.05) is 36.1 Å². The molecule has 1 saturated carbocycles. The minimum Gasteiger partial charge on any atom is -0.449 e. The molecule has 0 atom stereocenters. The molecular weight excluding hydrogens is 188 g/mol. The van der Waals surface area contributed by atoms with E-state index in [1.54, 1.807) is 12.1 Å². The van der Waals surface area contributed by atoms with E-state index in [0.717, 1.165) is 18.4 Å². The second kappa shape index (κ2) is 3.33. The van der Waals surface area contributed by atoms with Crippen LogP contribution in [0.1, 0.15) is 29.9 Å². The van der Waals surface area contributed by atoms with Gasteiger partial charge in [0.25, 0.3) is 0 Å². The van der Waals surface area contributed by atoms with Crippen LogP contribution in [0.4, 0.5) is 12.9 Å². The van der Waals surface area contributed by atoms with Crippen LogP contribution in [0.5, 0.6) is 0 Å². The minimum atomic E-state index is -4.70. The van der Waals surface area contributed by atoms with E-state index in [0.29, 0.717) is 11.5 Å². The minimum absolute atomic E-state index is 0.393. The molecule has 1 fully saturated rings. The Hall–Kier alpha value is -0.925. The second-order valence-corrected chi connectivity index (χ2v) is 3.89. The van der Waals surface area contributed by atoms with Gasteiger partial charge >= 0.3 is 6.98 Å². The molecule has 0 aliphatic heterocycles. The third-order valence-corrected chi connectivity index (χ3v) is 2.52. The first-order valence-corrected chi connectivity index (χ1v) is 4.85. The molecule has 0 unspecified atom stereocenters. The molecule has 1 aliphatic carbocycles. The highest BCUT2D eigenvalue weighted by atomic mass is 19.4. The summed E-state index contributed by atoms with van der Waals surface area (Å²) >= 11 is 0. The van der Waals surface area contributed by atoms with Gasteiger partial charge in [-0.15, -0.1) is 0 Å². The highest BCUT2D eigenvalue weighted by molar-refractivity contribution is 6.57. The predicted molar refractivity (Wildman–Crippen MR) is 51.2 cm³/mol. The van der Waals surface area contributed by atoms with E-state index >= 15 is 0 Å². The van der Waals surface area contributed by atoms with Gasteiger partial charge in [0.2, 0.25) is 0 Å². The standard InChI is InChI=1S/C10H11BF3/c12-11(13,14)7-9-3-1-2-4-10(9)8-5-6-8/h1-4,8H,5-7H2/q-1. The predicted octanol–water partition coefficient (Wildman–Crippen LogP) is 3.49. The van der Waals surface area contributed by atoms with Crippen molar-refractivity contribution in [3.63, 3.8) is 0 Å². The molecule has 0 heterocycles. The van der Waals surface area contributed by atoms with E-state index in [4.69, 9.17) is 0 Å². The fraction of sp³-hybridized carbons (Fsp3) is 0.400. The SMILES string of the molecule is F[B-](F)(F)Cc1ccccc1C1CC1. The summed E-state index contributed by atoms with van der Waals surface area (Å²) in [6.45, 7) is -4.70. The summed E-state index contributed by atoms with van der Waals surface area (Å²) in [5, 5.41) is 0. The summed E-state index contributed by atoms with van der Waals surface area (Å²) in [4.78, 5) is 0. The lowest BCUT2D eigenvalue weighted by Crippen LogP contribution is -2.20. The number of rotatable bonds is 3. The van der Waals surface area contributed by atoms with E-state index in [1.807, 2.05) is 12.1 Å². The first-order chi connectivity index (χ1) is 6.56. The van der Waals surface area contributed by atoms with Crippen LogP contribution in [0, 0.1) is 0 Å². The largest absolute Gasteiger partial charge is 0.482 e. The lowest BCUT2D eigenvalue weighted by molar-refractivity contribution is 0.468. The highest BCUT2D eigenvalue weighted by Gasteiger charge is 2.29. The Kier molecular flexibility index (Phi) is 2.29. The monoisotopic (exact) mass is 199 g/mol. The average molecular weight is 199 g/mol.